The third-order valence-electron chi connectivity index (χ3n) is 2.68. The minimum absolute atomic E-state index is 0.463. The molecule has 0 amide bonds. The first-order chi connectivity index (χ1) is 5.99. The van der Waals surface area contributed by atoms with E-state index in [0.29, 0.717) is 5.41 Å². The fraction of sp³-hybridized carbons (Fsp3) is 1.00. The topological polar surface area (TPSA) is 15.3 Å². The van der Waals surface area contributed by atoms with Gasteiger partial charge in [-0.05, 0) is 18.8 Å². The van der Waals surface area contributed by atoms with Crippen molar-refractivity contribution in [1.29, 1.82) is 0 Å². The molecule has 0 aromatic heterocycles. The van der Waals surface area contributed by atoms with Crippen molar-refractivity contribution in [2.24, 2.45) is 5.41 Å². The van der Waals surface area contributed by atoms with E-state index in [2.05, 4.69) is 37.9 Å². The van der Waals surface area contributed by atoms with E-state index >= 15 is 0 Å². The summed E-state index contributed by atoms with van der Waals surface area (Å²) < 4.78 is 0. The molecule has 1 saturated heterocycles. The lowest BCUT2D eigenvalue weighted by Crippen LogP contribution is -2.48. The Hall–Kier alpha value is -0.0800. The molecule has 1 aliphatic heterocycles. The van der Waals surface area contributed by atoms with Crippen molar-refractivity contribution in [3.63, 3.8) is 0 Å². The molecule has 0 saturated carbocycles. The number of rotatable bonds is 2. The van der Waals surface area contributed by atoms with E-state index in [1.54, 1.807) is 0 Å². The van der Waals surface area contributed by atoms with Crippen LogP contribution in [0.2, 0.25) is 0 Å². The Bertz CT molecular complexity index is 143. The van der Waals surface area contributed by atoms with Crippen LogP contribution in [0.3, 0.4) is 0 Å². The molecule has 2 nitrogen and oxygen atoms in total. The van der Waals surface area contributed by atoms with E-state index in [0.717, 1.165) is 19.1 Å². The molecule has 0 bridgehead atoms. The molecule has 0 spiro atoms. The van der Waals surface area contributed by atoms with Crippen LogP contribution in [0, 0.1) is 5.41 Å². The van der Waals surface area contributed by atoms with Crippen molar-refractivity contribution in [3.8, 4) is 0 Å². The number of hydrogen-bond acceptors (Lipinski definition) is 2. The lowest BCUT2D eigenvalue weighted by Gasteiger charge is -2.36. The highest BCUT2D eigenvalue weighted by Gasteiger charge is 2.21. The van der Waals surface area contributed by atoms with Crippen LogP contribution in [-0.2, 0) is 0 Å². The van der Waals surface area contributed by atoms with Crippen LogP contribution >= 0.6 is 0 Å². The maximum Gasteiger partial charge on any atom is 0.0110 e. The Morgan fingerprint density at radius 3 is 2.23 bits per heavy atom. The molecule has 78 valence electrons. The van der Waals surface area contributed by atoms with Crippen molar-refractivity contribution in [3.05, 3.63) is 0 Å². The molecule has 1 rings (SSSR count). The zero-order chi connectivity index (χ0) is 9.90. The predicted octanol–water partition coefficient (Wildman–Crippen LogP) is 1.72. The van der Waals surface area contributed by atoms with Gasteiger partial charge in [0.25, 0.3) is 0 Å². The van der Waals surface area contributed by atoms with Gasteiger partial charge >= 0.3 is 0 Å². The van der Waals surface area contributed by atoms with Gasteiger partial charge in [0.1, 0.15) is 0 Å². The van der Waals surface area contributed by atoms with Gasteiger partial charge < -0.3 is 5.32 Å². The van der Waals surface area contributed by atoms with E-state index in [9.17, 15) is 0 Å². The van der Waals surface area contributed by atoms with Crippen LogP contribution in [0.5, 0.6) is 0 Å². The smallest absolute Gasteiger partial charge is 0.0110 e. The fourth-order valence-electron chi connectivity index (χ4n) is 2.14. The van der Waals surface area contributed by atoms with Crippen molar-refractivity contribution in [2.45, 2.75) is 40.2 Å². The third kappa shape index (κ3) is 4.10. The van der Waals surface area contributed by atoms with Crippen molar-refractivity contribution >= 4 is 0 Å². The molecule has 0 radical (unpaired) electrons. The molecule has 1 fully saturated rings. The second-order valence-corrected chi connectivity index (χ2v) is 5.40. The Morgan fingerprint density at radius 2 is 1.77 bits per heavy atom. The molecule has 1 aliphatic rings. The Labute approximate surface area is 82.7 Å². The summed E-state index contributed by atoms with van der Waals surface area (Å²) in [5, 5.41) is 3.39. The van der Waals surface area contributed by atoms with Crippen molar-refractivity contribution < 1.29 is 0 Å². The lowest BCUT2D eigenvalue weighted by molar-refractivity contribution is 0.144. The van der Waals surface area contributed by atoms with Crippen LogP contribution in [-0.4, -0.2) is 37.1 Å². The molecule has 0 aliphatic carbocycles. The molecule has 2 heteroatoms. The first-order valence-corrected chi connectivity index (χ1v) is 5.44. The zero-order valence-electron chi connectivity index (χ0n) is 9.56. The summed E-state index contributed by atoms with van der Waals surface area (Å²) in [4.78, 5) is 2.60. The highest BCUT2D eigenvalue weighted by atomic mass is 15.2. The molecular formula is C11H24N2. The summed E-state index contributed by atoms with van der Waals surface area (Å²) >= 11 is 0. The van der Waals surface area contributed by atoms with Crippen molar-refractivity contribution in [1.82, 2.24) is 10.2 Å². The summed E-state index contributed by atoms with van der Waals surface area (Å²) in [7, 11) is 0. The summed E-state index contributed by atoms with van der Waals surface area (Å²) in [6.07, 6.45) is 1.30. The molecular weight excluding hydrogens is 160 g/mol. The lowest BCUT2D eigenvalue weighted by atomic mass is 9.88. The van der Waals surface area contributed by atoms with Gasteiger partial charge in [-0.1, -0.05) is 20.8 Å². The van der Waals surface area contributed by atoms with Crippen LogP contribution < -0.4 is 5.32 Å². The summed E-state index contributed by atoms with van der Waals surface area (Å²) in [5.41, 5.74) is 0.463. The summed E-state index contributed by atoms with van der Waals surface area (Å²) in [5.74, 6) is 0. The standard InChI is InChI=1S/C11H24N2/c1-10(9-11(2,3)4)13-7-5-12-6-8-13/h10,12H,5-9H2,1-4H3. The number of nitrogens with one attached hydrogen (secondary N) is 1. The number of hydrogen-bond donors (Lipinski definition) is 1. The largest absolute Gasteiger partial charge is 0.314 e. The minimum atomic E-state index is 0.463. The molecule has 1 atom stereocenters. The van der Waals surface area contributed by atoms with Crippen molar-refractivity contribution in [2.75, 3.05) is 26.2 Å². The maximum absolute atomic E-state index is 3.39. The molecule has 0 aromatic rings. The highest BCUT2D eigenvalue weighted by Crippen LogP contribution is 2.23. The van der Waals surface area contributed by atoms with Crippen LogP contribution in [0.25, 0.3) is 0 Å². The molecule has 1 heterocycles. The minimum Gasteiger partial charge on any atom is -0.314 e. The van der Waals surface area contributed by atoms with Gasteiger partial charge in [-0.2, -0.15) is 0 Å². The second-order valence-electron chi connectivity index (χ2n) is 5.40. The SMILES string of the molecule is CC(CC(C)(C)C)N1CCNCC1. The number of nitrogens with zero attached hydrogens (tertiary/aromatic N) is 1. The van der Waals surface area contributed by atoms with Gasteiger partial charge in [0.05, 0.1) is 0 Å². The third-order valence-corrected chi connectivity index (χ3v) is 2.68. The average molecular weight is 184 g/mol. The highest BCUT2D eigenvalue weighted by molar-refractivity contribution is 4.77. The average Bonchev–Trinajstić information content (AvgIpc) is 2.03. The van der Waals surface area contributed by atoms with E-state index in [-0.39, 0.29) is 0 Å². The van der Waals surface area contributed by atoms with Crippen LogP contribution in [0.15, 0.2) is 0 Å². The predicted molar refractivity (Wildman–Crippen MR) is 58.0 cm³/mol. The molecule has 0 aromatic carbocycles. The van der Waals surface area contributed by atoms with E-state index in [1.807, 2.05) is 0 Å². The Balaban J connectivity index is 2.33. The second kappa shape index (κ2) is 4.43. The van der Waals surface area contributed by atoms with Gasteiger partial charge in [0.2, 0.25) is 0 Å². The van der Waals surface area contributed by atoms with E-state index in [1.165, 1.54) is 19.5 Å². The summed E-state index contributed by atoms with van der Waals surface area (Å²) in [6, 6.07) is 0.738. The normalized spacial score (nSPS) is 23.1. The van der Waals surface area contributed by atoms with Gasteiger partial charge in [0.15, 0.2) is 0 Å². The van der Waals surface area contributed by atoms with Gasteiger partial charge in [0, 0.05) is 32.2 Å². The van der Waals surface area contributed by atoms with Gasteiger partial charge in [-0.25, -0.2) is 0 Å². The maximum atomic E-state index is 3.39. The monoisotopic (exact) mass is 184 g/mol. The van der Waals surface area contributed by atoms with Crippen LogP contribution in [0.1, 0.15) is 34.1 Å². The quantitative estimate of drug-likeness (QED) is 0.703. The van der Waals surface area contributed by atoms with E-state index < -0.39 is 0 Å². The molecule has 1 N–H and O–H groups in total. The Morgan fingerprint density at radius 1 is 1.23 bits per heavy atom. The van der Waals surface area contributed by atoms with Crippen LogP contribution in [0.4, 0.5) is 0 Å². The molecule has 13 heavy (non-hydrogen) atoms. The number of piperazine rings is 1. The first kappa shape index (κ1) is 11.0. The Kier molecular flexibility index (Phi) is 3.74. The van der Waals surface area contributed by atoms with Gasteiger partial charge in [-0.3, -0.25) is 4.90 Å². The summed E-state index contributed by atoms with van der Waals surface area (Å²) in [6.45, 7) is 14.1. The zero-order valence-corrected chi connectivity index (χ0v) is 9.56. The van der Waals surface area contributed by atoms with E-state index in [4.69, 9.17) is 0 Å². The first-order valence-electron chi connectivity index (χ1n) is 5.44. The fourth-order valence-corrected chi connectivity index (χ4v) is 2.14. The van der Waals surface area contributed by atoms with Gasteiger partial charge in [-0.15, -0.1) is 0 Å². The molecule has 1 unspecified atom stereocenters.